The molecule has 2 rings (SSSR count). The van der Waals surface area contributed by atoms with Crippen LogP contribution in [0.25, 0.3) is 0 Å². The highest BCUT2D eigenvalue weighted by atomic mass is 16.7. The van der Waals surface area contributed by atoms with Gasteiger partial charge in [0.25, 0.3) is 0 Å². The van der Waals surface area contributed by atoms with E-state index in [2.05, 4.69) is 0 Å². The Morgan fingerprint density at radius 3 is 2.26 bits per heavy atom. The maximum atomic E-state index is 12.7. The van der Waals surface area contributed by atoms with Gasteiger partial charge in [0.1, 0.15) is 6.61 Å². The average Bonchev–Trinajstić information content (AvgIpc) is 3.13. The first-order valence-corrected chi connectivity index (χ1v) is 9.59. The minimum Gasteiger partial charge on any atom is -0.462 e. The van der Waals surface area contributed by atoms with Crippen LogP contribution in [-0.4, -0.2) is 49.7 Å². The molecule has 0 unspecified atom stereocenters. The summed E-state index contributed by atoms with van der Waals surface area (Å²) in [5.74, 6) is -1.49. The normalized spacial score (nSPS) is 16.2. The van der Waals surface area contributed by atoms with E-state index in [1.54, 1.807) is 17.0 Å². The molecule has 0 radical (unpaired) electrons. The van der Waals surface area contributed by atoms with Gasteiger partial charge in [0.15, 0.2) is 0 Å². The van der Waals surface area contributed by atoms with E-state index in [9.17, 15) is 9.59 Å². The van der Waals surface area contributed by atoms with Crippen molar-refractivity contribution < 1.29 is 23.8 Å². The molecule has 0 saturated carbocycles. The van der Waals surface area contributed by atoms with Crippen LogP contribution in [0.2, 0.25) is 0 Å². The zero-order valence-electron chi connectivity index (χ0n) is 17.0. The van der Waals surface area contributed by atoms with Crippen molar-refractivity contribution in [3.63, 3.8) is 0 Å². The van der Waals surface area contributed by atoms with Crippen LogP contribution >= 0.6 is 0 Å². The molecule has 150 valence electrons. The summed E-state index contributed by atoms with van der Waals surface area (Å²) in [6.45, 7) is 12.2. The number of benzene rings is 1. The lowest BCUT2D eigenvalue weighted by atomic mass is 9.79. The number of nitrogens with zero attached hydrogens (tertiary/aromatic N) is 1. The largest absolute Gasteiger partial charge is 0.462 e. The number of carbonyl (C=O) groups is 2. The van der Waals surface area contributed by atoms with Crippen molar-refractivity contribution in [2.24, 2.45) is 5.41 Å². The second-order valence-electron chi connectivity index (χ2n) is 7.56. The Morgan fingerprint density at radius 2 is 1.70 bits per heavy atom. The van der Waals surface area contributed by atoms with E-state index in [0.29, 0.717) is 37.4 Å². The topological polar surface area (TPSA) is 65.1 Å². The Kier molecular flexibility index (Phi) is 7.00. The third-order valence-electron chi connectivity index (χ3n) is 4.85. The highest BCUT2D eigenvalue weighted by Crippen LogP contribution is 2.47. The van der Waals surface area contributed by atoms with Gasteiger partial charge < -0.3 is 19.1 Å². The summed E-state index contributed by atoms with van der Waals surface area (Å²) in [6, 6.07) is 7.19. The maximum Gasteiger partial charge on any atom is 0.338 e. The van der Waals surface area contributed by atoms with Crippen LogP contribution in [0, 0.1) is 5.41 Å². The first-order valence-electron chi connectivity index (χ1n) is 9.59. The van der Waals surface area contributed by atoms with Crippen molar-refractivity contribution in [2.45, 2.75) is 46.8 Å². The molecule has 1 amide bonds. The molecule has 0 bridgehead atoms. The Hall–Kier alpha value is -1.92. The van der Waals surface area contributed by atoms with Crippen LogP contribution in [0.15, 0.2) is 24.3 Å². The molecule has 1 heterocycles. The van der Waals surface area contributed by atoms with Crippen molar-refractivity contribution in [1.82, 2.24) is 4.90 Å². The fourth-order valence-corrected chi connectivity index (χ4v) is 3.40. The van der Waals surface area contributed by atoms with E-state index in [-0.39, 0.29) is 24.3 Å². The van der Waals surface area contributed by atoms with Gasteiger partial charge in [-0.1, -0.05) is 39.0 Å². The molecule has 0 aliphatic carbocycles. The van der Waals surface area contributed by atoms with Gasteiger partial charge in [-0.15, -0.1) is 0 Å². The molecule has 6 nitrogen and oxygen atoms in total. The van der Waals surface area contributed by atoms with Crippen LogP contribution in [0.3, 0.4) is 0 Å². The molecule has 0 N–H and O–H groups in total. The lowest BCUT2D eigenvalue weighted by molar-refractivity contribution is -0.232. The summed E-state index contributed by atoms with van der Waals surface area (Å²) in [7, 11) is 0. The second kappa shape index (κ2) is 8.85. The quantitative estimate of drug-likeness (QED) is 0.682. The predicted octanol–water partition coefficient (Wildman–Crippen LogP) is 3.35. The van der Waals surface area contributed by atoms with Gasteiger partial charge in [0, 0.05) is 24.1 Å². The van der Waals surface area contributed by atoms with Gasteiger partial charge in [0.2, 0.25) is 11.7 Å². The van der Waals surface area contributed by atoms with Crippen molar-refractivity contribution in [1.29, 1.82) is 0 Å². The predicted molar refractivity (Wildman–Crippen MR) is 102 cm³/mol. The first-order chi connectivity index (χ1) is 12.8. The number of esters is 1. The number of amides is 1. The zero-order valence-corrected chi connectivity index (χ0v) is 17.0. The Morgan fingerprint density at radius 1 is 1.11 bits per heavy atom. The molecule has 1 aromatic rings. The molecule has 1 aliphatic rings. The average molecular weight is 377 g/mol. The van der Waals surface area contributed by atoms with E-state index >= 15 is 0 Å². The third-order valence-corrected chi connectivity index (χ3v) is 4.85. The first kappa shape index (κ1) is 21.4. The van der Waals surface area contributed by atoms with Crippen LogP contribution in [0.4, 0.5) is 0 Å². The number of hydrogen-bond donors (Lipinski definition) is 0. The molecule has 1 aromatic carbocycles. The molecule has 1 fully saturated rings. The Bertz CT molecular complexity index is 655. The molecular formula is C21H31NO5. The number of hydrogen-bond acceptors (Lipinski definition) is 5. The molecule has 1 saturated heterocycles. The van der Waals surface area contributed by atoms with Crippen molar-refractivity contribution in [3.05, 3.63) is 35.4 Å². The van der Waals surface area contributed by atoms with Crippen molar-refractivity contribution in [2.75, 3.05) is 32.9 Å². The zero-order chi connectivity index (χ0) is 20.1. The van der Waals surface area contributed by atoms with E-state index < -0.39 is 11.8 Å². The monoisotopic (exact) mass is 377 g/mol. The van der Waals surface area contributed by atoms with Gasteiger partial charge in [-0.25, -0.2) is 4.79 Å². The van der Waals surface area contributed by atoms with Gasteiger partial charge in [-0.3, -0.25) is 4.79 Å². The Balaban J connectivity index is 2.15. The van der Waals surface area contributed by atoms with Crippen LogP contribution < -0.4 is 0 Å². The molecule has 0 aromatic heterocycles. The number of rotatable bonds is 7. The Labute approximate surface area is 161 Å². The molecule has 0 spiro atoms. The number of carbonyl (C=O) groups excluding carboxylic acids is 2. The van der Waals surface area contributed by atoms with Crippen LogP contribution in [0.5, 0.6) is 0 Å². The summed E-state index contributed by atoms with van der Waals surface area (Å²) in [4.78, 5) is 26.5. The van der Waals surface area contributed by atoms with Crippen LogP contribution in [0.1, 0.15) is 57.0 Å². The summed E-state index contributed by atoms with van der Waals surface area (Å²) in [6.07, 6.45) is 0.174. The highest BCUT2D eigenvalue weighted by Gasteiger charge is 2.50. The minimum atomic E-state index is -1.00. The van der Waals surface area contributed by atoms with Gasteiger partial charge in [-0.2, -0.15) is 0 Å². The standard InChI is InChI=1S/C21H31NO5/c1-6-22(7-2)18(23)12-13-25-19(24)16-10-8-9-11-17(16)21(20(3,4)5)26-14-15-27-21/h8-11H,6-7,12-15H2,1-5H3. The van der Waals surface area contributed by atoms with E-state index in [0.717, 1.165) is 0 Å². The molecule has 1 aliphatic heterocycles. The van der Waals surface area contributed by atoms with Crippen LogP contribution in [-0.2, 0) is 24.8 Å². The smallest absolute Gasteiger partial charge is 0.338 e. The molecular weight excluding hydrogens is 346 g/mol. The fraction of sp³-hybridized carbons (Fsp3) is 0.619. The minimum absolute atomic E-state index is 0.0188. The lowest BCUT2D eigenvalue weighted by Crippen LogP contribution is -2.42. The summed E-state index contributed by atoms with van der Waals surface area (Å²) >= 11 is 0. The molecule has 6 heteroatoms. The van der Waals surface area contributed by atoms with Gasteiger partial charge in [-0.05, 0) is 19.9 Å². The maximum absolute atomic E-state index is 12.7. The highest BCUT2D eigenvalue weighted by molar-refractivity contribution is 5.91. The third kappa shape index (κ3) is 4.50. The van der Waals surface area contributed by atoms with E-state index in [1.165, 1.54) is 0 Å². The summed E-state index contributed by atoms with van der Waals surface area (Å²) in [5.41, 5.74) is 0.693. The van der Waals surface area contributed by atoms with Gasteiger partial charge >= 0.3 is 5.97 Å². The van der Waals surface area contributed by atoms with Crippen molar-refractivity contribution in [3.8, 4) is 0 Å². The molecule has 27 heavy (non-hydrogen) atoms. The lowest BCUT2D eigenvalue weighted by Gasteiger charge is -2.40. The summed E-state index contributed by atoms with van der Waals surface area (Å²) < 4.78 is 17.4. The second-order valence-corrected chi connectivity index (χ2v) is 7.56. The SMILES string of the molecule is CCN(CC)C(=O)CCOC(=O)c1ccccc1C1(C(C)(C)C)OCCO1. The summed E-state index contributed by atoms with van der Waals surface area (Å²) in [5, 5.41) is 0. The van der Waals surface area contributed by atoms with E-state index in [4.69, 9.17) is 14.2 Å². The molecule has 0 atom stereocenters. The van der Waals surface area contributed by atoms with E-state index in [1.807, 2.05) is 46.8 Å². The van der Waals surface area contributed by atoms with Crippen molar-refractivity contribution >= 4 is 11.9 Å². The fourth-order valence-electron chi connectivity index (χ4n) is 3.40. The van der Waals surface area contributed by atoms with Gasteiger partial charge in [0.05, 0.1) is 25.2 Å². The number of ether oxygens (including phenoxy) is 3.